The van der Waals surface area contributed by atoms with Crippen molar-refractivity contribution in [2.75, 3.05) is 92.5 Å². The van der Waals surface area contributed by atoms with E-state index in [2.05, 4.69) is 121 Å². The summed E-state index contributed by atoms with van der Waals surface area (Å²) in [5, 5.41) is 0. The van der Waals surface area contributed by atoms with Crippen LogP contribution in [0.2, 0.25) is 0 Å². The largest absolute Gasteiger partial charge is 0.491 e. The van der Waals surface area contributed by atoms with Crippen LogP contribution in [-0.2, 0) is 28.4 Å². The van der Waals surface area contributed by atoms with Crippen molar-refractivity contribution in [2.24, 2.45) is 0 Å². The molecule has 8 heteroatoms. The summed E-state index contributed by atoms with van der Waals surface area (Å²) in [5.41, 5.74) is 11.7. The maximum Gasteiger partial charge on any atom is 0.119 e. The molecule has 60 heavy (non-hydrogen) atoms. The SMILES string of the molecule is C1=CCOCCOCCOCCOc2ccc(cc2)-c2ccc(cc2)-c2ccc(cc2)-c2ccc(cc2)-c2ccc(cc2)-c2ccc(cc2)OCCOCCOCCOC1. The summed E-state index contributed by atoms with van der Waals surface area (Å²) in [6.07, 6.45) is 3.88. The number of ether oxygens (including phenoxy) is 8. The molecule has 310 valence electrons. The van der Waals surface area contributed by atoms with Crippen molar-refractivity contribution in [1.29, 1.82) is 0 Å². The second kappa shape index (κ2) is 23.9. The molecule has 0 saturated carbocycles. The zero-order valence-corrected chi connectivity index (χ0v) is 34.2. The highest BCUT2D eigenvalue weighted by atomic mass is 16.6. The molecule has 0 atom stereocenters. The first-order valence-electron chi connectivity index (χ1n) is 20.8. The molecule has 0 amide bonds. The molecular weight excluding hydrogens is 753 g/mol. The highest BCUT2D eigenvalue weighted by molar-refractivity contribution is 5.76. The van der Waals surface area contributed by atoms with Gasteiger partial charge in [0, 0.05) is 0 Å². The van der Waals surface area contributed by atoms with Crippen LogP contribution in [0.5, 0.6) is 11.5 Å². The Balaban J connectivity index is 0.926. The van der Waals surface area contributed by atoms with Gasteiger partial charge in [0.2, 0.25) is 0 Å². The number of hydrogen-bond acceptors (Lipinski definition) is 8. The first kappa shape index (κ1) is 42.5. The molecule has 7 heterocycles. The third kappa shape index (κ3) is 13.5. The van der Waals surface area contributed by atoms with Crippen LogP contribution in [-0.4, -0.2) is 92.5 Å². The molecule has 7 aliphatic rings. The fourth-order valence-corrected chi connectivity index (χ4v) is 6.66. The molecule has 0 saturated heterocycles. The highest BCUT2D eigenvalue weighted by Crippen LogP contribution is 2.31. The summed E-state index contributed by atoms with van der Waals surface area (Å²) < 4.78 is 45.4. The lowest BCUT2D eigenvalue weighted by Gasteiger charge is -2.10. The lowest BCUT2D eigenvalue weighted by atomic mass is 9.96. The van der Waals surface area contributed by atoms with Gasteiger partial charge in [0.1, 0.15) is 24.7 Å². The van der Waals surface area contributed by atoms with E-state index in [-0.39, 0.29) is 0 Å². The Kier molecular flexibility index (Phi) is 16.9. The van der Waals surface area contributed by atoms with Gasteiger partial charge in [0.15, 0.2) is 0 Å². The molecular formula is C52H54O8. The Morgan fingerprint density at radius 1 is 0.200 bits per heavy atom. The van der Waals surface area contributed by atoms with Crippen LogP contribution < -0.4 is 9.47 Å². The van der Waals surface area contributed by atoms with Gasteiger partial charge in [-0.05, 0) is 79.9 Å². The van der Waals surface area contributed by atoms with E-state index in [1.807, 2.05) is 36.4 Å². The second-order valence-corrected chi connectivity index (χ2v) is 14.1. The van der Waals surface area contributed by atoms with E-state index in [1.165, 1.54) is 33.4 Å². The molecule has 13 rings (SSSR count). The first-order chi connectivity index (χ1) is 29.8. The smallest absolute Gasteiger partial charge is 0.119 e. The molecule has 6 aromatic carbocycles. The predicted molar refractivity (Wildman–Crippen MR) is 239 cm³/mol. The Morgan fingerprint density at radius 2 is 0.383 bits per heavy atom. The minimum Gasteiger partial charge on any atom is -0.491 e. The molecule has 6 aromatic rings. The zero-order valence-electron chi connectivity index (χ0n) is 34.2. The van der Waals surface area contributed by atoms with E-state index in [4.69, 9.17) is 37.9 Å². The van der Waals surface area contributed by atoms with Gasteiger partial charge in [-0.3, -0.25) is 0 Å². The molecule has 8 nitrogen and oxygen atoms in total. The van der Waals surface area contributed by atoms with Crippen molar-refractivity contribution in [3.05, 3.63) is 158 Å². The van der Waals surface area contributed by atoms with Crippen molar-refractivity contribution >= 4 is 0 Å². The van der Waals surface area contributed by atoms with Crippen molar-refractivity contribution in [3.63, 3.8) is 0 Å². The second-order valence-electron chi connectivity index (χ2n) is 14.1. The van der Waals surface area contributed by atoms with E-state index in [0.717, 1.165) is 33.8 Å². The molecule has 7 aliphatic heterocycles. The van der Waals surface area contributed by atoms with Gasteiger partial charge in [-0.25, -0.2) is 0 Å². The summed E-state index contributed by atoms with van der Waals surface area (Å²) in [6.45, 7) is 7.03. The number of fused-ring (bicyclic) bond motifs is 6. The summed E-state index contributed by atoms with van der Waals surface area (Å²) in [7, 11) is 0. The molecule has 0 aromatic heterocycles. The number of rotatable bonds is 0. The van der Waals surface area contributed by atoms with Crippen LogP contribution in [0.1, 0.15) is 0 Å². The fourth-order valence-electron chi connectivity index (χ4n) is 6.66. The average Bonchev–Trinajstić information content (AvgIpc) is 3.31. The van der Waals surface area contributed by atoms with Crippen LogP contribution in [0.25, 0.3) is 55.6 Å². The zero-order chi connectivity index (χ0) is 40.9. The average molecular weight is 807 g/mol. The van der Waals surface area contributed by atoms with Crippen LogP contribution in [0.15, 0.2) is 158 Å². The van der Waals surface area contributed by atoms with Gasteiger partial charge in [-0.2, -0.15) is 0 Å². The topological polar surface area (TPSA) is 73.8 Å². The Bertz CT molecular complexity index is 1970. The number of hydrogen-bond donors (Lipinski definition) is 0. The first-order valence-corrected chi connectivity index (χ1v) is 20.8. The summed E-state index contributed by atoms with van der Waals surface area (Å²) in [4.78, 5) is 0. The number of benzene rings is 6. The third-order valence-corrected chi connectivity index (χ3v) is 9.99. The van der Waals surface area contributed by atoms with Crippen molar-refractivity contribution in [3.8, 4) is 67.1 Å². The lowest BCUT2D eigenvalue weighted by molar-refractivity contribution is 0.0123. The predicted octanol–water partition coefficient (Wildman–Crippen LogP) is 10.4. The van der Waals surface area contributed by atoms with E-state index >= 15 is 0 Å². The Hall–Kier alpha value is -5.58. The maximum absolute atomic E-state index is 5.89. The van der Waals surface area contributed by atoms with Crippen molar-refractivity contribution in [1.82, 2.24) is 0 Å². The van der Waals surface area contributed by atoms with Crippen molar-refractivity contribution < 1.29 is 37.9 Å². The summed E-state index contributed by atoms with van der Waals surface area (Å²) in [6, 6.07) is 51.3. The van der Waals surface area contributed by atoms with Crippen LogP contribution in [0, 0.1) is 0 Å². The molecule has 12 bridgehead atoms. The lowest BCUT2D eigenvalue weighted by Crippen LogP contribution is -2.13. The minimum absolute atomic E-state index is 0.472. The Labute approximate surface area is 354 Å². The summed E-state index contributed by atoms with van der Waals surface area (Å²) in [5.74, 6) is 1.63. The minimum atomic E-state index is 0.472. The van der Waals surface area contributed by atoms with Crippen molar-refractivity contribution in [2.45, 2.75) is 0 Å². The van der Waals surface area contributed by atoms with E-state index in [0.29, 0.717) is 92.5 Å². The summed E-state index contributed by atoms with van der Waals surface area (Å²) >= 11 is 0. The van der Waals surface area contributed by atoms with Gasteiger partial charge >= 0.3 is 0 Å². The maximum atomic E-state index is 5.89. The normalized spacial score (nSPS) is 15.9. The monoisotopic (exact) mass is 806 g/mol. The standard InChI is InChI=1S/C52H54O8/c1-2-28-54-30-32-56-34-36-58-38-40-60-52-25-21-50(22-26-52)48-17-13-46(14-18-48)44-9-5-42(6-10-44)41-3-7-43(8-4-41)45-11-15-47(16-12-45)49-19-23-51(24-20-49)59-39-37-57-35-33-55-31-29-53-27-1/h1-26H,27-40H2. The van der Waals surface area contributed by atoms with Gasteiger partial charge in [-0.1, -0.05) is 133 Å². The molecule has 0 spiro atoms. The Morgan fingerprint density at radius 3 is 0.617 bits per heavy atom. The third-order valence-electron chi connectivity index (χ3n) is 9.99. The quantitative estimate of drug-likeness (QED) is 0.141. The van der Waals surface area contributed by atoms with E-state index < -0.39 is 0 Å². The van der Waals surface area contributed by atoms with Gasteiger partial charge in [0.25, 0.3) is 0 Å². The molecule has 0 radical (unpaired) electrons. The van der Waals surface area contributed by atoms with Crippen LogP contribution in [0.3, 0.4) is 0 Å². The molecule has 0 fully saturated rings. The van der Waals surface area contributed by atoms with Gasteiger partial charge in [-0.15, -0.1) is 0 Å². The van der Waals surface area contributed by atoms with E-state index in [1.54, 1.807) is 0 Å². The van der Waals surface area contributed by atoms with Crippen LogP contribution in [0.4, 0.5) is 0 Å². The van der Waals surface area contributed by atoms with Gasteiger partial charge < -0.3 is 37.9 Å². The van der Waals surface area contributed by atoms with Gasteiger partial charge in [0.05, 0.1) is 79.3 Å². The van der Waals surface area contributed by atoms with Crippen LogP contribution >= 0.6 is 0 Å². The van der Waals surface area contributed by atoms with E-state index in [9.17, 15) is 0 Å². The molecule has 0 N–H and O–H groups in total. The molecule has 0 unspecified atom stereocenters. The molecule has 0 aliphatic carbocycles. The highest BCUT2D eigenvalue weighted by Gasteiger charge is 2.06. The fraction of sp³-hybridized carbons (Fsp3) is 0.269.